The van der Waals surface area contributed by atoms with Crippen molar-refractivity contribution in [2.45, 2.75) is 39.8 Å². The summed E-state index contributed by atoms with van der Waals surface area (Å²) >= 11 is 0. The molecule has 0 saturated carbocycles. The topological polar surface area (TPSA) is 81.0 Å². The average Bonchev–Trinajstić information content (AvgIpc) is 3.25. The Morgan fingerprint density at radius 2 is 1.56 bits per heavy atom. The fourth-order valence-corrected chi connectivity index (χ4v) is 4.78. The van der Waals surface area contributed by atoms with Gasteiger partial charge in [0, 0.05) is 57.4 Å². The molecule has 2 aromatic carbocycles. The first-order chi connectivity index (χ1) is 17.3. The molecule has 4 rings (SSSR count). The summed E-state index contributed by atoms with van der Waals surface area (Å²) in [5.41, 5.74) is 4.96. The van der Waals surface area contributed by atoms with Crippen LogP contribution in [0.25, 0.3) is 11.3 Å². The van der Waals surface area contributed by atoms with Crippen LogP contribution in [-0.2, 0) is 13.1 Å². The van der Waals surface area contributed by atoms with Gasteiger partial charge in [0.05, 0.1) is 5.69 Å². The highest BCUT2D eigenvalue weighted by Gasteiger charge is 2.20. The lowest BCUT2D eigenvalue weighted by Gasteiger charge is -2.32. The van der Waals surface area contributed by atoms with E-state index >= 15 is 0 Å². The van der Waals surface area contributed by atoms with Crippen LogP contribution in [0.2, 0.25) is 0 Å². The Hall–Kier alpha value is -3.29. The van der Waals surface area contributed by atoms with Gasteiger partial charge in [-0.1, -0.05) is 38.1 Å². The predicted molar refractivity (Wildman–Crippen MR) is 144 cm³/mol. The lowest BCUT2D eigenvalue weighted by Crippen LogP contribution is -2.43. The van der Waals surface area contributed by atoms with Gasteiger partial charge in [-0.3, -0.25) is 9.69 Å². The number of nitrogens with zero attached hydrogens (tertiary/aromatic N) is 3. The zero-order chi connectivity index (χ0) is 25.8. The van der Waals surface area contributed by atoms with Crippen LogP contribution in [0.3, 0.4) is 0 Å². The lowest BCUT2D eigenvalue weighted by molar-refractivity contribution is 0.0947. The summed E-state index contributed by atoms with van der Waals surface area (Å²) in [6.45, 7) is 12.2. The molecule has 7 heteroatoms. The molecule has 2 heterocycles. The summed E-state index contributed by atoms with van der Waals surface area (Å²) in [6, 6.07) is 15.4. The zero-order valence-corrected chi connectivity index (χ0v) is 21.8. The highest BCUT2D eigenvalue weighted by molar-refractivity contribution is 5.94. The van der Waals surface area contributed by atoms with Gasteiger partial charge in [0.25, 0.3) is 5.91 Å². The molecule has 1 saturated heterocycles. The summed E-state index contributed by atoms with van der Waals surface area (Å²) in [5, 5.41) is 23.9. The van der Waals surface area contributed by atoms with E-state index in [0.717, 1.165) is 49.5 Å². The predicted octanol–water partition coefficient (Wildman–Crippen LogP) is 4.24. The molecule has 0 bridgehead atoms. The zero-order valence-electron chi connectivity index (χ0n) is 21.8. The quantitative estimate of drug-likeness (QED) is 0.440. The number of aromatic nitrogens is 1. The van der Waals surface area contributed by atoms with Crippen LogP contribution >= 0.6 is 0 Å². The molecule has 3 aromatic rings. The Kier molecular flexibility index (Phi) is 8.01. The Morgan fingerprint density at radius 1 is 0.917 bits per heavy atom. The maximum Gasteiger partial charge on any atom is 0.267 e. The molecule has 1 aliphatic heterocycles. The number of rotatable bonds is 8. The Morgan fingerprint density at radius 3 is 2.17 bits per heavy atom. The second-order valence-electron chi connectivity index (χ2n) is 10.0. The molecule has 36 heavy (non-hydrogen) atoms. The standard InChI is InChI=1S/C29H38N4O3/c1-5-30-29(36)26-11-10-25(24-16-23(20(2)3)27(34)17-28(24)35)33(26)19-22-8-6-21(7-9-22)18-32-14-12-31(4)13-15-32/h6-11,16-17,20,34-35H,5,12-15,18-19H2,1-4H3,(H,30,36). The summed E-state index contributed by atoms with van der Waals surface area (Å²) in [6.07, 6.45) is 0. The van der Waals surface area contributed by atoms with E-state index in [0.29, 0.717) is 24.3 Å². The normalized spacial score (nSPS) is 14.9. The van der Waals surface area contributed by atoms with E-state index < -0.39 is 0 Å². The van der Waals surface area contributed by atoms with E-state index in [1.54, 1.807) is 6.07 Å². The van der Waals surface area contributed by atoms with Crippen LogP contribution in [-0.4, -0.2) is 70.3 Å². The lowest BCUT2D eigenvalue weighted by atomic mass is 9.97. The van der Waals surface area contributed by atoms with Crippen LogP contribution in [0.5, 0.6) is 11.5 Å². The van der Waals surface area contributed by atoms with Crippen molar-refractivity contribution in [2.75, 3.05) is 39.8 Å². The minimum absolute atomic E-state index is 0.0128. The third-order valence-corrected chi connectivity index (χ3v) is 6.96. The van der Waals surface area contributed by atoms with Gasteiger partial charge in [-0.2, -0.15) is 0 Å². The van der Waals surface area contributed by atoms with Gasteiger partial charge in [0.15, 0.2) is 0 Å². The molecule has 0 unspecified atom stereocenters. The molecule has 1 amide bonds. The average molecular weight is 491 g/mol. The number of phenolic OH excluding ortho intramolecular Hbond substituents is 2. The highest BCUT2D eigenvalue weighted by atomic mass is 16.3. The molecule has 0 aliphatic carbocycles. The van der Waals surface area contributed by atoms with Gasteiger partial charge >= 0.3 is 0 Å². The molecule has 192 valence electrons. The largest absolute Gasteiger partial charge is 0.508 e. The van der Waals surface area contributed by atoms with Crippen molar-refractivity contribution in [1.82, 2.24) is 19.7 Å². The molecule has 1 aliphatic rings. The number of hydrogen-bond acceptors (Lipinski definition) is 5. The van der Waals surface area contributed by atoms with Crippen molar-refractivity contribution < 1.29 is 15.0 Å². The first-order valence-corrected chi connectivity index (χ1v) is 12.8. The second-order valence-corrected chi connectivity index (χ2v) is 10.0. The number of phenols is 2. The second kappa shape index (κ2) is 11.2. The van der Waals surface area contributed by atoms with Gasteiger partial charge in [-0.05, 0) is 54.8 Å². The number of carbonyl (C=O) groups is 1. The molecule has 0 atom stereocenters. The molecule has 1 aromatic heterocycles. The van der Waals surface area contributed by atoms with Crippen molar-refractivity contribution in [2.24, 2.45) is 0 Å². The molecule has 3 N–H and O–H groups in total. The molecular formula is C29H38N4O3. The van der Waals surface area contributed by atoms with Crippen LogP contribution in [0.4, 0.5) is 0 Å². The first-order valence-electron chi connectivity index (χ1n) is 12.8. The number of likely N-dealkylation sites (N-methyl/N-ethyl adjacent to an activating group) is 1. The molecule has 1 fully saturated rings. The summed E-state index contributed by atoms with van der Waals surface area (Å²) in [4.78, 5) is 17.7. The fraction of sp³-hybridized carbons (Fsp3) is 0.414. The number of piperazine rings is 1. The molecule has 7 nitrogen and oxygen atoms in total. The van der Waals surface area contributed by atoms with Crippen LogP contribution in [0.15, 0.2) is 48.5 Å². The summed E-state index contributed by atoms with van der Waals surface area (Å²) in [5.74, 6) is -0.00766. The van der Waals surface area contributed by atoms with Crippen molar-refractivity contribution >= 4 is 5.91 Å². The number of nitrogens with one attached hydrogen (secondary N) is 1. The van der Waals surface area contributed by atoms with E-state index in [9.17, 15) is 15.0 Å². The maximum absolute atomic E-state index is 12.9. The van der Waals surface area contributed by atoms with E-state index in [1.807, 2.05) is 37.5 Å². The van der Waals surface area contributed by atoms with Crippen molar-refractivity contribution in [3.05, 3.63) is 70.9 Å². The Bertz CT molecular complexity index is 1190. The minimum Gasteiger partial charge on any atom is -0.508 e. The first kappa shape index (κ1) is 25.8. The number of benzene rings is 2. The van der Waals surface area contributed by atoms with Gasteiger partial charge in [-0.15, -0.1) is 0 Å². The fourth-order valence-electron chi connectivity index (χ4n) is 4.78. The van der Waals surface area contributed by atoms with E-state index in [1.165, 1.54) is 11.6 Å². The van der Waals surface area contributed by atoms with Crippen molar-refractivity contribution in [3.63, 3.8) is 0 Å². The number of aromatic hydroxyl groups is 2. The Labute approximate surface area is 214 Å². The molecule has 0 radical (unpaired) electrons. The van der Waals surface area contributed by atoms with E-state index in [2.05, 4.69) is 46.4 Å². The summed E-state index contributed by atoms with van der Waals surface area (Å²) in [7, 11) is 2.16. The van der Waals surface area contributed by atoms with Gasteiger partial charge in [0.1, 0.15) is 17.2 Å². The van der Waals surface area contributed by atoms with Gasteiger partial charge < -0.3 is 25.0 Å². The molecule has 0 spiro atoms. The minimum atomic E-state index is -0.155. The van der Waals surface area contributed by atoms with Crippen LogP contribution < -0.4 is 5.32 Å². The van der Waals surface area contributed by atoms with Crippen LogP contribution in [0.1, 0.15) is 53.9 Å². The number of hydrogen-bond donors (Lipinski definition) is 3. The maximum atomic E-state index is 12.9. The highest BCUT2D eigenvalue weighted by Crippen LogP contribution is 2.38. The van der Waals surface area contributed by atoms with E-state index in [4.69, 9.17) is 0 Å². The van der Waals surface area contributed by atoms with Crippen molar-refractivity contribution in [3.8, 4) is 22.8 Å². The number of carbonyl (C=O) groups excluding carboxylic acids is 1. The summed E-state index contributed by atoms with van der Waals surface area (Å²) < 4.78 is 1.94. The third kappa shape index (κ3) is 5.74. The monoisotopic (exact) mass is 490 g/mol. The van der Waals surface area contributed by atoms with Gasteiger partial charge in [0.2, 0.25) is 0 Å². The van der Waals surface area contributed by atoms with Crippen molar-refractivity contribution in [1.29, 1.82) is 0 Å². The molecular weight excluding hydrogens is 452 g/mol. The number of amides is 1. The SMILES string of the molecule is CCNC(=O)c1ccc(-c2cc(C(C)C)c(O)cc2O)n1Cc1ccc(CN2CCN(C)CC2)cc1. The van der Waals surface area contributed by atoms with Gasteiger partial charge in [-0.25, -0.2) is 0 Å². The van der Waals surface area contributed by atoms with Crippen LogP contribution in [0, 0.1) is 0 Å². The Balaban J connectivity index is 1.64. The third-order valence-electron chi connectivity index (χ3n) is 6.96. The van der Waals surface area contributed by atoms with E-state index in [-0.39, 0.29) is 23.3 Å². The smallest absolute Gasteiger partial charge is 0.267 e.